The highest BCUT2D eigenvalue weighted by atomic mass is 16.5. The predicted molar refractivity (Wildman–Crippen MR) is 90.0 cm³/mol. The molecule has 2 aromatic rings. The molecule has 0 aliphatic heterocycles. The van der Waals surface area contributed by atoms with Crippen molar-refractivity contribution in [3.63, 3.8) is 0 Å². The standard InChI is InChI=1S/C20H23NO/c1-15-9-10-18(20(2,3)4)19(13-15)22-14-17-8-6-5-7-16(17)11-12-21/h5-10,13H,11,14H2,1-4H3. The van der Waals surface area contributed by atoms with Crippen molar-refractivity contribution in [2.24, 2.45) is 0 Å². The van der Waals surface area contributed by atoms with Gasteiger partial charge in [-0.25, -0.2) is 0 Å². The summed E-state index contributed by atoms with van der Waals surface area (Å²) >= 11 is 0. The molecule has 114 valence electrons. The first-order valence-corrected chi connectivity index (χ1v) is 7.59. The third kappa shape index (κ3) is 3.89. The molecule has 0 amide bonds. The third-order valence-electron chi connectivity index (χ3n) is 3.72. The summed E-state index contributed by atoms with van der Waals surface area (Å²) in [6.45, 7) is 9.13. The Bertz CT molecular complexity index is 690. The van der Waals surface area contributed by atoms with Crippen molar-refractivity contribution in [1.29, 1.82) is 5.26 Å². The maximum Gasteiger partial charge on any atom is 0.123 e. The van der Waals surface area contributed by atoms with Crippen LogP contribution in [0.1, 0.15) is 43.0 Å². The van der Waals surface area contributed by atoms with E-state index in [9.17, 15) is 0 Å². The van der Waals surface area contributed by atoms with E-state index in [0.29, 0.717) is 13.0 Å². The quantitative estimate of drug-likeness (QED) is 0.800. The van der Waals surface area contributed by atoms with Gasteiger partial charge in [0.15, 0.2) is 0 Å². The van der Waals surface area contributed by atoms with Crippen molar-refractivity contribution in [1.82, 2.24) is 0 Å². The lowest BCUT2D eigenvalue weighted by atomic mass is 9.86. The monoisotopic (exact) mass is 293 g/mol. The molecule has 0 fully saturated rings. The molecule has 0 aliphatic carbocycles. The van der Waals surface area contributed by atoms with Gasteiger partial charge in [-0.1, -0.05) is 57.2 Å². The normalized spacial score (nSPS) is 11.0. The summed E-state index contributed by atoms with van der Waals surface area (Å²) in [7, 11) is 0. The van der Waals surface area contributed by atoms with Crippen LogP contribution in [-0.2, 0) is 18.4 Å². The molecule has 2 rings (SSSR count). The van der Waals surface area contributed by atoms with E-state index in [0.717, 1.165) is 16.9 Å². The van der Waals surface area contributed by atoms with Gasteiger partial charge in [0.1, 0.15) is 12.4 Å². The maximum absolute atomic E-state index is 8.93. The maximum atomic E-state index is 8.93. The summed E-state index contributed by atoms with van der Waals surface area (Å²) in [6, 6.07) is 16.5. The van der Waals surface area contributed by atoms with E-state index in [1.54, 1.807) is 0 Å². The van der Waals surface area contributed by atoms with Crippen LogP contribution in [0.2, 0.25) is 0 Å². The van der Waals surface area contributed by atoms with Crippen LogP contribution in [0.5, 0.6) is 5.75 Å². The fraction of sp³-hybridized carbons (Fsp3) is 0.350. The molecule has 0 radical (unpaired) electrons. The fourth-order valence-corrected chi connectivity index (χ4v) is 2.48. The van der Waals surface area contributed by atoms with E-state index < -0.39 is 0 Å². The number of ether oxygens (including phenoxy) is 1. The Labute approximate surface area is 133 Å². The molecule has 0 saturated heterocycles. The molecule has 0 aromatic heterocycles. The number of hydrogen-bond acceptors (Lipinski definition) is 2. The van der Waals surface area contributed by atoms with Crippen molar-refractivity contribution >= 4 is 0 Å². The molecule has 0 heterocycles. The summed E-state index contributed by atoms with van der Waals surface area (Å²) in [6.07, 6.45) is 0.416. The van der Waals surface area contributed by atoms with Crippen LogP contribution >= 0.6 is 0 Å². The molecule has 0 atom stereocenters. The Kier molecular flexibility index (Phi) is 4.88. The minimum Gasteiger partial charge on any atom is -0.489 e. The van der Waals surface area contributed by atoms with Gasteiger partial charge in [-0.15, -0.1) is 0 Å². The summed E-state index contributed by atoms with van der Waals surface area (Å²) in [5.41, 5.74) is 4.54. The molecule has 0 bridgehead atoms. The predicted octanol–water partition coefficient (Wildman–Crippen LogP) is 4.94. The minimum absolute atomic E-state index is 0.0369. The molecule has 0 aliphatic rings. The summed E-state index contributed by atoms with van der Waals surface area (Å²) in [5.74, 6) is 0.930. The SMILES string of the molecule is Cc1ccc(C(C)(C)C)c(OCc2ccccc2CC#N)c1. The highest BCUT2D eigenvalue weighted by Gasteiger charge is 2.19. The highest BCUT2D eigenvalue weighted by Crippen LogP contribution is 2.32. The van der Waals surface area contributed by atoms with E-state index in [2.05, 4.69) is 52.0 Å². The van der Waals surface area contributed by atoms with E-state index in [1.807, 2.05) is 24.3 Å². The van der Waals surface area contributed by atoms with Gasteiger partial charge >= 0.3 is 0 Å². The first-order chi connectivity index (χ1) is 10.4. The summed E-state index contributed by atoms with van der Waals surface area (Å²) < 4.78 is 6.11. The number of hydrogen-bond donors (Lipinski definition) is 0. The van der Waals surface area contributed by atoms with Gasteiger partial charge in [0.05, 0.1) is 12.5 Å². The van der Waals surface area contributed by atoms with Crippen LogP contribution in [0.15, 0.2) is 42.5 Å². The molecule has 2 heteroatoms. The van der Waals surface area contributed by atoms with E-state index in [-0.39, 0.29) is 5.41 Å². The van der Waals surface area contributed by atoms with Crippen LogP contribution in [0.25, 0.3) is 0 Å². The number of nitriles is 1. The molecular weight excluding hydrogens is 270 g/mol. The van der Waals surface area contributed by atoms with Crippen LogP contribution in [0.4, 0.5) is 0 Å². The number of rotatable bonds is 4. The first-order valence-electron chi connectivity index (χ1n) is 7.59. The second-order valence-corrected chi connectivity index (χ2v) is 6.64. The lowest BCUT2D eigenvalue weighted by Gasteiger charge is -2.23. The molecule has 0 saturated carbocycles. The minimum atomic E-state index is 0.0369. The molecule has 0 N–H and O–H groups in total. The third-order valence-corrected chi connectivity index (χ3v) is 3.72. The van der Waals surface area contributed by atoms with Crippen LogP contribution in [0, 0.1) is 18.3 Å². The zero-order chi connectivity index (χ0) is 16.2. The van der Waals surface area contributed by atoms with Gasteiger partial charge in [0.25, 0.3) is 0 Å². The van der Waals surface area contributed by atoms with Crippen LogP contribution < -0.4 is 4.74 Å². The molecule has 2 aromatic carbocycles. The van der Waals surface area contributed by atoms with Gasteiger partial charge < -0.3 is 4.74 Å². The fourth-order valence-electron chi connectivity index (χ4n) is 2.48. The lowest BCUT2D eigenvalue weighted by molar-refractivity contribution is 0.296. The van der Waals surface area contributed by atoms with Crippen molar-refractivity contribution in [2.75, 3.05) is 0 Å². The molecule has 2 nitrogen and oxygen atoms in total. The van der Waals surface area contributed by atoms with E-state index in [4.69, 9.17) is 10.00 Å². The first kappa shape index (κ1) is 16.1. The van der Waals surface area contributed by atoms with Gasteiger partial charge in [-0.05, 0) is 40.7 Å². The van der Waals surface area contributed by atoms with Gasteiger partial charge in [-0.3, -0.25) is 0 Å². The Morgan fingerprint density at radius 2 is 1.73 bits per heavy atom. The van der Waals surface area contributed by atoms with Crippen molar-refractivity contribution in [3.8, 4) is 11.8 Å². The number of nitrogens with zero attached hydrogens (tertiary/aromatic N) is 1. The Hall–Kier alpha value is -2.27. The van der Waals surface area contributed by atoms with Gasteiger partial charge in [0, 0.05) is 0 Å². The average Bonchev–Trinajstić information content (AvgIpc) is 2.45. The average molecular weight is 293 g/mol. The highest BCUT2D eigenvalue weighted by molar-refractivity contribution is 5.41. The molecular formula is C20H23NO. The van der Waals surface area contributed by atoms with Gasteiger partial charge in [0.2, 0.25) is 0 Å². The topological polar surface area (TPSA) is 33.0 Å². The zero-order valence-electron chi connectivity index (χ0n) is 13.8. The molecule has 0 spiro atoms. The molecule has 0 unspecified atom stereocenters. The smallest absolute Gasteiger partial charge is 0.123 e. The molecule has 22 heavy (non-hydrogen) atoms. The Morgan fingerprint density at radius 3 is 2.36 bits per heavy atom. The van der Waals surface area contributed by atoms with Gasteiger partial charge in [-0.2, -0.15) is 5.26 Å². The van der Waals surface area contributed by atoms with Crippen molar-refractivity contribution < 1.29 is 4.74 Å². The van der Waals surface area contributed by atoms with Crippen molar-refractivity contribution in [2.45, 2.75) is 46.1 Å². The summed E-state index contributed by atoms with van der Waals surface area (Å²) in [4.78, 5) is 0. The second-order valence-electron chi connectivity index (χ2n) is 6.64. The van der Waals surface area contributed by atoms with Crippen LogP contribution in [0.3, 0.4) is 0 Å². The lowest BCUT2D eigenvalue weighted by Crippen LogP contribution is -2.14. The number of aryl methyl sites for hydroxylation is 1. The van der Waals surface area contributed by atoms with E-state index in [1.165, 1.54) is 11.1 Å². The Balaban J connectivity index is 2.26. The Morgan fingerprint density at radius 1 is 1.05 bits per heavy atom. The van der Waals surface area contributed by atoms with Crippen LogP contribution in [-0.4, -0.2) is 0 Å². The number of benzene rings is 2. The van der Waals surface area contributed by atoms with E-state index >= 15 is 0 Å². The zero-order valence-corrected chi connectivity index (χ0v) is 13.8. The van der Waals surface area contributed by atoms with Crippen molar-refractivity contribution in [3.05, 3.63) is 64.7 Å². The largest absolute Gasteiger partial charge is 0.489 e. The second kappa shape index (κ2) is 6.66. The summed E-state index contributed by atoms with van der Waals surface area (Å²) in [5, 5.41) is 8.93.